The number of aliphatic hydroxyl groups excluding tert-OH is 1. The van der Waals surface area contributed by atoms with E-state index in [2.05, 4.69) is 10.3 Å². The van der Waals surface area contributed by atoms with E-state index < -0.39 is 11.9 Å². The number of likely N-dealkylation sites (tertiary alicyclic amines) is 1. The molecule has 0 saturated carbocycles. The summed E-state index contributed by atoms with van der Waals surface area (Å²) in [4.78, 5) is 18.8. The molecular formula is C19H17FIN3O3. The van der Waals surface area contributed by atoms with E-state index in [4.69, 9.17) is 4.42 Å². The Balaban J connectivity index is 1.79. The zero-order valence-corrected chi connectivity index (χ0v) is 16.6. The molecule has 140 valence electrons. The Bertz CT molecular complexity index is 1020. The summed E-state index contributed by atoms with van der Waals surface area (Å²) in [6, 6.07) is 6.34. The number of nitrogens with zero attached hydrogens (tertiary/aromatic N) is 2. The molecule has 1 aromatic carbocycles. The van der Waals surface area contributed by atoms with Gasteiger partial charge in [0, 0.05) is 28.6 Å². The fraction of sp³-hybridized carbons (Fsp3) is 0.263. The standard InChI is InChI=1S/C19H17FIN3O3/c1-10-6-12(25)9-24(10)19(26)18-17(13-8-22-5-4-16(13)27-18)23-15-3-2-11(21)7-14(15)20/h2-5,7-8,10,12,23,25H,6,9H2,1H3/t10?,12-/m1/s1. The minimum absolute atomic E-state index is 0.0805. The van der Waals surface area contributed by atoms with Crippen LogP contribution in [0.2, 0.25) is 0 Å². The van der Waals surface area contributed by atoms with E-state index in [1.54, 1.807) is 35.5 Å². The van der Waals surface area contributed by atoms with Crippen LogP contribution in [-0.2, 0) is 0 Å². The molecule has 1 aliphatic rings. The molecule has 6 nitrogen and oxygen atoms in total. The lowest BCUT2D eigenvalue weighted by Crippen LogP contribution is -2.34. The van der Waals surface area contributed by atoms with Crippen molar-refractivity contribution < 1.29 is 18.7 Å². The summed E-state index contributed by atoms with van der Waals surface area (Å²) < 4.78 is 20.9. The average Bonchev–Trinajstić information content (AvgIpc) is 3.16. The summed E-state index contributed by atoms with van der Waals surface area (Å²) in [5.41, 5.74) is 1.09. The van der Waals surface area contributed by atoms with Crippen LogP contribution in [0, 0.1) is 9.39 Å². The Labute approximate surface area is 168 Å². The lowest BCUT2D eigenvalue weighted by Gasteiger charge is -2.20. The number of aliphatic hydroxyl groups is 1. The highest BCUT2D eigenvalue weighted by molar-refractivity contribution is 14.1. The molecule has 4 rings (SSSR count). The second-order valence-corrected chi connectivity index (χ2v) is 7.87. The van der Waals surface area contributed by atoms with Crippen LogP contribution < -0.4 is 5.32 Å². The van der Waals surface area contributed by atoms with Crippen molar-refractivity contribution in [3.8, 4) is 0 Å². The molecule has 1 fully saturated rings. The Morgan fingerprint density at radius 3 is 2.96 bits per heavy atom. The van der Waals surface area contributed by atoms with Crippen molar-refractivity contribution in [2.75, 3.05) is 11.9 Å². The van der Waals surface area contributed by atoms with E-state index >= 15 is 0 Å². The van der Waals surface area contributed by atoms with Crippen molar-refractivity contribution in [2.24, 2.45) is 0 Å². The molecule has 0 spiro atoms. The van der Waals surface area contributed by atoms with Gasteiger partial charge in [-0.15, -0.1) is 0 Å². The number of rotatable bonds is 3. The van der Waals surface area contributed by atoms with Crippen LogP contribution in [0.15, 0.2) is 41.1 Å². The van der Waals surface area contributed by atoms with Gasteiger partial charge in [0.25, 0.3) is 5.91 Å². The van der Waals surface area contributed by atoms with E-state index in [1.807, 2.05) is 29.5 Å². The van der Waals surface area contributed by atoms with Crippen LogP contribution in [0.4, 0.5) is 15.8 Å². The number of carbonyl (C=O) groups is 1. The number of carbonyl (C=O) groups excluding carboxylic acids is 1. The van der Waals surface area contributed by atoms with Crippen LogP contribution >= 0.6 is 22.6 Å². The number of amides is 1. The van der Waals surface area contributed by atoms with Crippen molar-refractivity contribution >= 4 is 50.8 Å². The number of aromatic nitrogens is 1. The number of benzene rings is 1. The SMILES string of the molecule is CC1C[C@@H](O)CN1C(=O)c1oc2ccncc2c1Nc1ccc(I)cc1F. The van der Waals surface area contributed by atoms with Gasteiger partial charge >= 0.3 is 0 Å². The van der Waals surface area contributed by atoms with E-state index in [0.29, 0.717) is 23.1 Å². The zero-order chi connectivity index (χ0) is 19.1. The highest BCUT2D eigenvalue weighted by atomic mass is 127. The Kier molecular flexibility index (Phi) is 4.77. The Morgan fingerprint density at radius 1 is 1.44 bits per heavy atom. The van der Waals surface area contributed by atoms with Crippen LogP contribution in [0.5, 0.6) is 0 Å². The van der Waals surface area contributed by atoms with Gasteiger partial charge in [-0.25, -0.2) is 4.39 Å². The lowest BCUT2D eigenvalue weighted by molar-refractivity contribution is 0.0698. The quantitative estimate of drug-likeness (QED) is 0.555. The maximum atomic E-state index is 14.3. The summed E-state index contributed by atoms with van der Waals surface area (Å²) in [6.07, 6.45) is 3.10. The molecule has 1 unspecified atom stereocenters. The maximum Gasteiger partial charge on any atom is 0.292 e. The summed E-state index contributed by atoms with van der Waals surface area (Å²) in [5, 5.41) is 13.5. The topological polar surface area (TPSA) is 78.6 Å². The second-order valence-electron chi connectivity index (χ2n) is 6.62. The third kappa shape index (κ3) is 3.39. The summed E-state index contributed by atoms with van der Waals surface area (Å²) in [6.45, 7) is 2.12. The largest absolute Gasteiger partial charge is 0.448 e. The van der Waals surface area contributed by atoms with Gasteiger partial charge in [-0.05, 0) is 60.2 Å². The number of anilines is 2. The number of hydrogen-bond acceptors (Lipinski definition) is 5. The predicted octanol–water partition coefficient (Wildman–Crippen LogP) is 3.91. The average molecular weight is 481 g/mol. The molecule has 8 heteroatoms. The van der Waals surface area contributed by atoms with Gasteiger partial charge in [0.2, 0.25) is 5.76 Å². The van der Waals surface area contributed by atoms with Crippen molar-refractivity contribution in [3.05, 3.63) is 51.8 Å². The van der Waals surface area contributed by atoms with E-state index in [-0.39, 0.29) is 29.9 Å². The fourth-order valence-corrected chi connectivity index (χ4v) is 3.81. The first-order valence-corrected chi connectivity index (χ1v) is 9.59. The first-order valence-electron chi connectivity index (χ1n) is 8.51. The monoisotopic (exact) mass is 481 g/mol. The van der Waals surface area contributed by atoms with Crippen molar-refractivity contribution in [3.63, 3.8) is 0 Å². The van der Waals surface area contributed by atoms with Crippen molar-refractivity contribution in [2.45, 2.75) is 25.5 Å². The summed E-state index contributed by atoms with van der Waals surface area (Å²) in [5.74, 6) is -0.691. The van der Waals surface area contributed by atoms with Gasteiger partial charge in [0.05, 0.1) is 17.2 Å². The highest BCUT2D eigenvalue weighted by Crippen LogP contribution is 2.35. The van der Waals surface area contributed by atoms with Gasteiger partial charge in [0.1, 0.15) is 17.1 Å². The first-order chi connectivity index (χ1) is 12.9. The number of nitrogens with one attached hydrogen (secondary N) is 1. The maximum absolute atomic E-state index is 14.3. The van der Waals surface area contributed by atoms with E-state index in [1.165, 1.54) is 6.07 Å². The molecular weight excluding hydrogens is 464 g/mol. The molecule has 2 atom stereocenters. The van der Waals surface area contributed by atoms with Gasteiger partial charge in [-0.3, -0.25) is 9.78 Å². The normalized spacial score (nSPS) is 19.6. The van der Waals surface area contributed by atoms with Gasteiger partial charge < -0.3 is 19.7 Å². The number of β-amino-alcohol motifs (C(OH)–C–C–N with tert-alkyl or cyclic N) is 1. The molecule has 0 radical (unpaired) electrons. The van der Waals surface area contributed by atoms with Crippen LogP contribution in [0.1, 0.15) is 23.9 Å². The molecule has 2 N–H and O–H groups in total. The van der Waals surface area contributed by atoms with Gasteiger partial charge in [0.15, 0.2) is 0 Å². The van der Waals surface area contributed by atoms with Crippen LogP contribution in [-0.4, -0.2) is 39.6 Å². The number of hydrogen-bond donors (Lipinski definition) is 2. The van der Waals surface area contributed by atoms with Crippen molar-refractivity contribution in [1.82, 2.24) is 9.88 Å². The summed E-state index contributed by atoms with van der Waals surface area (Å²) in [7, 11) is 0. The third-order valence-electron chi connectivity index (χ3n) is 4.69. The van der Waals surface area contributed by atoms with Crippen LogP contribution in [0.25, 0.3) is 11.0 Å². The lowest BCUT2D eigenvalue weighted by atomic mass is 10.2. The molecule has 1 aliphatic heterocycles. The third-order valence-corrected chi connectivity index (χ3v) is 5.36. The molecule has 27 heavy (non-hydrogen) atoms. The Hall–Kier alpha value is -2.20. The smallest absolute Gasteiger partial charge is 0.292 e. The van der Waals surface area contributed by atoms with Crippen molar-refractivity contribution in [1.29, 1.82) is 0 Å². The molecule has 2 aromatic heterocycles. The summed E-state index contributed by atoms with van der Waals surface area (Å²) >= 11 is 2.03. The predicted molar refractivity (Wildman–Crippen MR) is 108 cm³/mol. The van der Waals surface area contributed by atoms with E-state index in [9.17, 15) is 14.3 Å². The number of halogens is 2. The van der Waals surface area contributed by atoms with E-state index in [0.717, 1.165) is 3.57 Å². The first kappa shape index (κ1) is 18.2. The number of fused-ring (bicyclic) bond motifs is 1. The molecule has 3 aromatic rings. The minimum atomic E-state index is -0.556. The fourth-order valence-electron chi connectivity index (χ4n) is 3.36. The van der Waals surface area contributed by atoms with Crippen LogP contribution in [0.3, 0.4) is 0 Å². The Morgan fingerprint density at radius 2 is 2.26 bits per heavy atom. The number of pyridine rings is 1. The minimum Gasteiger partial charge on any atom is -0.448 e. The molecule has 1 amide bonds. The highest BCUT2D eigenvalue weighted by Gasteiger charge is 2.35. The second kappa shape index (κ2) is 7.08. The molecule has 0 aliphatic carbocycles. The molecule has 3 heterocycles. The number of furan rings is 1. The molecule has 0 bridgehead atoms. The zero-order valence-electron chi connectivity index (χ0n) is 14.4. The molecule has 1 saturated heterocycles. The van der Waals surface area contributed by atoms with Gasteiger partial charge in [-0.2, -0.15) is 0 Å². The van der Waals surface area contributed by atoms with Gasteiger partial charge in [-0.1, -0.05) is 0 Å².